The van der Waals surface area contributed by atoms with Gasteiger partial charge in [-0.15, -0.1) is 0 Å². The second kappa shape index (κ2) is 3.67. The summed E-state index contributed by atoms with van der Waals surface area (Å²) in [5.41, 5.74) is 0.893. The van der Waals surface area contributed by atoms with Crippen molar-refractivity contribution in [2.45, 2.75) is 0 Å². The highest BCUT2D eigenvalue weighted by Crippen LogP contribution is 2.13. The molecule has 0 heterocycles. The number of nitro benzene ring substituents is 1. The molecule has 1 rings (SSSR count). The number of benzene rings is 1. The first-order valence-corrected chi connectivity index (χ1v) is 3.44. The number of allylic oxidation sites excluding steroid dienone is 1. The quantitative estimate of drug-likeness (QED) is 0.495. The van der Waals surface area contributed by atoms with Gasteiger partial charge in [0.25, 0.3) is 5.69 Å². The Bertz CT molecular complexity index is 318. The van der Waals surface area contributed by atoms with Crippen molar-refractivity contribution in [1.29, 1.82) is 0 Å². The Hall–Kier alpha value is -1.64. The van der Waals surface area contributed by atoms with Crippen LogP contribution in [0.2, 0.25) is 0 Å². The van der Waals surface area contributed by atoms with E-state index >= 15 is 0 Å². The average Bonchev–Trinajstić information content (AvgIpc) is 2.05. The van der Waals surface area contributed by atoms with Gasteiger partial charge in [-0.25, -0.2) is 0 Å². The van der Waals surface area contributed by atoms with E-state index in [1.807, 2.05) is 0 Å². The van der Waals surface area contributed by atoms with Crippen molar-refractivity contribution in [2.24, 2.45) is 0 Å². The molecule has 1 aromatic rings. The summed E-state index contributed by atoms with van der Waals surface area (Å²) < 4.78 is 0. The van der Waals surface area contributed by atoms with Crippen LogP contribution in [0.5, 0.6) is 0 Å². The van der Waals surface area contributed by atoms with Crippen LogP contribution in [0.1, 0.15) is 5.56 Å². The zero-order chi connectivity index (χ0) is 8.97. The number of nitro groups is 1. The van der Waals surface area contributed by atoms with E-state index in [-0.39, 0.29) is 5.69 Å². The maximum Gasteiger partial charge on any atom is 0.270 e. The molecule has 1 aromatic carbocycles. The number of nitrogens with zero attached hydrogens (tertiary/aromatic N) is 1. The minimum absolute atomic E-state index is 0.102. The third kappa shape index (κ3) is 1.92. The largest absolute Gasteiger partial charge is 0.270 e. The first-order chi connectivity index (χ1) is 5.74. The van der Waals surface area contributed by atoms with E-state index in [0.29, 0.717) is 0 Å². The van der Waals surface area contributed by atoms with Gasteiger partial charge in [0.1, 0.15) is 0 Å². The smallest absolute Gasteiger partial charge is 0.258 e. The Morgan fingerprint density at radius 3 is 2.83 bits per heavy atom. The van der Waals surface area contributed by atoms with Crippen LogP contribution in [0, 0.1) is 17.0 Å². The summed E-state index contributed by atoms with van der Waals surface area (Å²) in [7, 11) is 0. The molecule has 3 heteroatoms. The van der Waals surface area contributed by atoms with Gasteiger partial charge in [0, 0.05) is 12.1 Å². The zero-order valence-electron chi connectivity index (χ0n) is 6.43. The molecule has 61 valence electrons. The molecule has 0 N–H and O–H groups in total. The van der Waals surface area contributed by atoms with Gasteiger partial charge in [-0.05, 0) is 12.5 Å². The van der Waals surface area contributed by atoms with Gasteiger partial charge in [-0.1, -0.05) is 24.3 Å². The second-order valence-electron chi connectivity index (χ2n) is 2.25. The number of rotatable bonds is 2. The lowest BCUT2D eigenvalue weighted by molar-refractivity contribution is -0.384. The van der Waals surface area contributed by atoms with Crippen molar-refractivity contribution < 1.29 is 4.92 Å². The van der Waals surface area contributed by atoms with Crippen LogP contribution >= 0.6 is 0 Å². The molecule has 0 atom stereocenters. The minimum Gasteiger partial charge on any atom is -0.258 e. The highest BCUT2D eigenvalue weighted by Gasteiger charge is 2.02. The third-order valence-electron chi connectivity index (χ3n) is 1.39. The topological polar surface area (TPSA) is 43.1 Å². The highest BCUT2D eigenvalue weighted by molar-refractivity contribution is 5.53. The molecule has 0 aliphatic carbocycles. The van der Waals surface area contributed by atoms with Crippen molar-refractivity contribution in [2.75, 3.05) is 0 Å². The molecular formula is C9H8NO2. The molecule has 12 heavy (non-hydrogen) atoms. The maximum atomic E-state index is 10.3. The van der Waals surface area contributed by atoms with E-state index in [2.05, 4.69) is 6.92 Å². The molecular weight excluding hydrogens is 154 g/mol. The lowest BCUT2D eigenvalue weighted by atomic mass is 10.2. The number of hydrogen-bond donors (Lipinski definition) is 0. The summed E-state index contributed by atoms with van der Waals surface area (Å²) >= 11 is 0. The molecule has 0 bridgehead atoms. The number of hydrogen-bond acceptors (Lipinski definition) is 2. The molecule has 0 aliphatic rings. The third-order valence-corrected chi connectivity index (χ3v) is 1.39. The fraction of sp³-hybridized carbons (Fsp3) is 0. The van der Waals surface area contributed by atoms with Gasteiger partial charge < -0.3 is 0 Å². The van der Waals surface area contributed by atoms with Gasteiger partial charge in [0.05, 0.1) is 4.92 Å². The Labute approximate surface area is 70.5 Å². The van der Waals surface area contributed by atoms with E-state index in [4.69, 9.17) is 0 Å². The van der Waals surface area contributed by atoms with Crippen LogP contribution in [0.4, 0.5) is 5.69 Å². The Balaban J connectivity index is 3.03. The van der Waals surface area contributed by atoms with Gasteiger partial charge >= 0.3 is 0 Å². The van der Waals surface area contributed by atoms with Crippen molar-refractivity contribution in [1.82, 2.24) is 0 Å². The molecule has 0 amide bonds. The predicted octanol–water partition coefficient (Wildman–Crippen LogP) is 2.44. The average molecular weight is 162 g/mol. The SMILES string of the molecule is [CH2]C=Cc1cccc([N+](=O)[O-])c1. The lowest BCUT2D eigenvalue weighted by Gasteiger charge is -1.92. The first-order valence-electron chi connectivity index (χ1n) is 3.44. The van der Waals surface area contributed by atoms with Crippen molar-refractivity contribution in [3.05, 3.63) is 52.9 Å². The molecule has 0 aromatic heterocycles. The van der Waals surface area contributed by atoms with E-state index in [0.717, 1.165) is 5.56 Å². The Morgan fingerprint density at radius 2 is 2.25 bits per heavy atom. The summed E-state index contributed by atoms with van der Waals surface area (Å²) in [6, 6.07) is 6.39. The van der Waals surface area contributed by atoms with Crippen molar-refractivity contribution in [3.8, 4) is 0 Å². The normalized spacial score (nSPS) is 10.4. The van der Waals surface area contributed by atoms with Crippen molar-refractivity contribution >= 4 is 11.8 Å². The molecule has 0 fully saturated rings. The van der Waals surface area contributed by atoms with Gasteiger partial charge in [0.15, 0.2) is 0 Å². The lowest BCUT2D eigenvalue weighted by Crippen LogP contribution is -1.87. The molecule has 0 saturated heterocycles. The summed E-state index contributed by atoms with van der Waals surface area (Å²) in [6.45, 7) is 3.51. The summed E-state index contributed by atoms with van der Waals surface area (Å²) in [6.07, 6.45) is 3.31. The number of non-ortho nitro benzene ring substituents is 1. The van der Waals surface area contributed by atoms with Crippen LogP contribution < -0.4 is 0 Å². The highest BCUT2D eigenvalue weighted by atomic mass is 16.6. The molecule has 1 radical (unpaired) electrons. The molecule has 0 unspecified atom stereocenters. The Kier molecular flexibility index (Phi) is 2.58. The second-order valence-corrected chi connectivity index (χ2v) is 2.25. The fourth-order valence-electron chi connectivity index (χ4n) is 0.878. The molecule has 0 saturated carbocycles. The van der Waals surface area contributed by atoms with Crippen LogP contribution in [-0.2, 0) is 0 Å². The fourth-order valence-corrected chi connectivity index (χ4v) is 0.878. The van der Waals surface area contributed by atoms with Gasteiger partial charge in [-0.3, -0.25) is 10.1 Å². The summed E-state index contributed by atoms with van der Waals surface area (Å²) in [4.78, 5) is 9.91. The minimum atomic E-state index is -0.416. The van der Waals surface area contributed by atoms with Crippen LogP contribution in [0.3, 0.4) is 0 Å². The summed E-state index contributed by atoms with van der Waals surface area (Å²) in [5, 5.41) is 10.3. The van der Waals surface area contributed by atoms with E-state index in [9.17, 15) is 10.1 Å². The van der Waals surface area contributed by atoms with E-state index in [1.165, 1.54) is 12.1 Å². The molecule has 3 nitrogen and oxygen atoms in total. The van der Waals surface area contributed by atoms with Gasteiger partial charge in [0.2, 0.25) is 0 Å². The van der Waals surface area contributed by atoms with Crippen LogP contribution in [0.15, 0.2) is 30.3 Å². The summed E-state index contributed by atoms with van der Waals surface area (Å²) in [5.74, 6) is 0. The van der Waals surface area contributed by atoms with Crippen LogP contribution in [-0.4, -0.2) is 4.92 Å². The first kappa shape index (κ1) is 8.46. The van der Waals surface area contributed by atoms with Crippen molar-refractivity contribution in [3.63, 3.8) is 0 Å². The zero-order valence-corrected chi connectivity index (χ0v) is 6.43. The van der Waals surface area contributed by atoms with Crippen LogP contribution in [0.25, 0.3) is 6.08 Å². The Morgan fingerprint density at radius 1 is 1.50 bits per heavy atom. The predicted molar refractivity (Wildman–Crippen MR) is 47.5 cm³/mol. The molecule has 0 aliphatic heterocycles. The molecule has 0 spiro atoms. The maximum absolute atomic E-state index is 10.3. The van der Waals surface area contributed by atoms with Gasteiger partial charge in [-0.2, -0.15) is 0 Å². The standard InChI is InChI=1S/C9H8NO2/c1-2-4-8-5-3-6-9(7-8)10(11)12/h2-7H,1H2. The van der Waals surface area contributed by atoms with E-state index < -0.39 is 4.92 Å². The van der Waals surface area contributed by atoms with E-state index in [1.54, 1.807) is 24.3 Å². The monoisotopic (exact) mass is 162 g/mol.